The first-order valence-corrected chi connectivity index (χ1v) is 6.53. The number of unbranched alkanes of at least 4 members (excludes halogenated alkanes) is 1. The van der Waals surface area contributed by atoms with Gasteiger partial charge in [-0.25, -0.2) is 0 Å². The molecule has 4 nitrogen and oxygen atoms in total. The predicted molar refractivity (Wildman–Crippen MR) is 73.6 cm³/mol. The van der Waals surface area contributed by atoms with Crippen molar-refractivity contribution in [1.29, 1.82) is 0 Å². The topological polar surface area (TPSA) is 59.2 Å². The van der Waals surface area contributed by atoms with E-state index in [2.05, 4.69) is 11.9 Å². The fraction of sp³-hybridized carbons (Fsp3) is 0.571. The zero-order chi connectivity index (χ0) is 13.5. The number of hydrogen-bond donors (Lipinski definition) is 1. The lowest BCUT2D eigenvalue weighted by Gasteiger charge is -2.22. The monoisotopic (exact) mass is 249 g/mol. The SMILES string of the molecule is CCCCN(CCN)C(=O)c1ccc(C)nc1C. The van der Waals surface area contributed by atoms with Crippen LogP contribution < -0.4 is 5.73 Å². The van der Waals surface area contributed by atoms with Gasteiger partial charge in [0, 0.05) is 25.3 Å². The van der Waals surface area contributed by atoms with E-state index in [9.17, 15) is 4.79 Å². The van der Waals surface area contributed by atoms with Gasteiger partial charge in [0.15, 0.2) is 0 Å². The molecule has 0 atom stereocenters. The number of nitrogens with two attached hydrogens (primary N) is 1. The second-order valence-corrected chi connectivity index (χ2v) is 4.52. The molecule has 100 valence electrons. The van der Waals surface area contributed by atoms with Crippen LogP contribution in [0.5, 0.6) is 0 Å². The quantitative estimate of drug-likeness (QED) is 0.837. The van der Waals surface area contributed by atoms with E-state index >= 15 is 0 Å². The number of amides is 1. The molecule has 0 bridgehead atoms. The van der Waals surface area contributed by atoms with E-state index < -0.39 is 0 Å². The molecule has 0 saturated heterocycles. The van der Waals surface area contributed by atoms with Crippen LogP contribution in [0.15, 0.2) is 12.1 Å². The molecule has 0 saturated carbocycles. The molecule has 2 N–H and O–H groups in total. The van der Waals surface area contributed by atoms with E-state index in [1.807, 2.05) is 30.9 Å². The van der Waals surface area contributed by atoms with E-state index in [0.29, 0.717) is 18.7 Å². The van der Waals surface area contributed by atoms with E-state index in [0.717, 1.165) is 30.8 Å². The minimum absolute atomic E-state index is 0.0406. The lowest BCUT2D eigenvalue weighted by molar-refractivity contribution is 0.0757. The van der Waals surface area contributed by atoms with E-state index in [1.165, 1.54) is 0 Å². The maximum Gasteiger partial charge on any atom is 0.255 e. The van der Waals surface area contributed by atoms with E-state index in [4.69, 9.17) is 5.73 Å². The van der Waals surface area contributed by atoms with Gasteiger partial charge in [-0.15, -0.1) is 0 Å². The highest BCUT2D eigenvalue weighted by molar-refractivity contribution is 5.95. The summed E-state index contributed by atoms with van der Waals surface area (Å²) in [6, 6.07) is 3.73. The number of pyridine rings is 1. The van der Waals surface area contributed by atoms with Crippen molar-refractivity contribution in [3.8, 4) is 0 Å². The molecule has 1 heterocycles. The Hall–Kier alpha value is -1.42. The van der Waals surface area contributed by atoms with Crippen molar-refractivity contribution < 1.29 is 4.79 Å². The molecular weight excluding hydrogens is 226 g/mol. The third-order valence-corrected chi connectivity index (χ3v) is 2.92. The van der Waals surface area contributed by atoms with Crippen LogP contribution in [-0.4, -0.2) is 35.4 Å². The predicted octanol–water partition coefficient (Wildman–Crippen LogP) is 1.90. The first-order valence-electron chi connectivity index (χ1n) is 6.53. The highest BCUT2D eigenvalue weighted by Crippen LogP contribution is 2.10. The average Bonchev–Trinajstić information content (AvgIpc) is 2.33. The smallest absolute Gasteiger partial charge is 0.255 e. The minimum atomic E-state index is 0.0406. The summed E-state index contributed by atoms with van der Waals surface area (Å²) in [4.78, 5) is 18.6. The Kier molecular flexibility index (Phi) is 5.78. The third kappa shape index (κ3) is 3.81. The summed E-state index contributed by atoms with van der Waals surface area (Å²) >= 11 is 0. The lowest BCUT2D eigenvalue weighted by atomic mass is 10.1. The van der Waals surface area contributed by atoms with Gasteiger partial charge in [-0.3, -0.25) is 9.78 Å². The molecule has 0 radical (unpaired) electrons. The van der Waals surface area contributed by atoms with Gasteiger partial charge in [0.1, 0.15) is 0 Å². The summed E-state index contributed by atoms with van der Waals surface area (Å²) in [6.45, 7) is 7.78. The van der Waals surface area contributed by atoms with Crippen molar-refractivity contribution >= 4 is 5.91 Å². The molecule has 0 aliphatic rings. The molecule has 0 aromatic carbocycles. The first-order chi connectivity index (χ1) is 8.60. The Labute approximate surface area is 109 Å². The molecule has 1 amide bonds. The molecule has 1 aromatic heterocycles. The van der Waals surface area contributed by atoms with Gasteiger partial charge in [-0.1, -0.05) is 13.3 Å². The van der Waals surface area contributed by atoms with Gasteiger partial charge in [-0.05, 0) is 32.4 Å². The number of aryl methyl sites for hydroxylation is 2. The fourth-order valence-electron chi connectivity index (χ4n) is 1.90. The fourth-order valence-corrected chi connectivity index (χ4v) is 1.90. The standard InChI is InChI=1S/C14H23N3O/c1-4-5-9-17(10-8-15)14(18)13-7-6-11(2)16-12(13)3/h6-7H,4-5,8-10,15H2,1-3H3. The number of carbonyl (C=O) groups excluding carboxylic acids is 1. The maximum atomic E-state index is 12.4. The van der Waals surface area contributed by atoms with Crippen molar-refractivity contribution in [2.45, 2.75) is 33.6 Å². The van der Waals surface area contributed by atoms with Gasteiger partial charge in [0.25, 0.3) is 5.91 Å². The summed E-state index contributed by atoms with van der Waals surface area (Å²) in [5.74, 6) is 0.0406. The van der Waals surface area contributed by atoms with E-state index in [-0.39, 0.29) is 5.91 Å². The number of aromatic nitrogens is 1. The molecule has 0 spiro atoms. The minimum Gasteiger partial charge on any atom is -0.337 e. The van der Waals surface area contributed by atoms with Crippen LogP contribution in [0.2, 0.25) is 0 Å². The Bertz CT molecular complexity index is 404. The highest BCUT2D eigenvalue weighted by atomic mass is 16.2. The van der Waals surface area contributed by atoms with Crippen molar-refractivity contribution in [1.82, 2.24) is 9.88 Å². The van der Waals surface area contributed by atoms with Crippen molar-refractivity contribution in [2.75, 3.05) is 19.6 Å². The van der Waals surface area contributed by atoms with Crippen molar-refractivity contribution in [3.05, 3.63) is 29.1 Å². The summed E-state index contributed by atoms with van der Waals surface area (Å²) in [6.07, 6.45) is 2.07. The largest absolute Gasteiger partial charge is 0.337 e. The maximum absolute atomic E-state index is 12.4. The molecule has 4 heteroatoms. The first kappa shape index (κ1) is 14.6. The molecule has 1 aromatic rings. The van der Waals surface area contributed by atoms with Crippen LogP contribution in [0.1, 0.15) is 41.5 Å². The summed E-state index contributed by atoms with van der Waals surface area (Å²) < 4.78 is 0. The molecule has 0 unspecified atom stereocenters. The van der Waals surface area contributed by atoms with Gasteiger partial charge in [0.05, 0.1) is 11.3 Å². The summed E-state index contributed by atoms with van der Waals surface area (Å²) in [7, 11) is 0. The highest BCUT2D eigenvalue weighted by Gasteiger charge is 2.17. The molecule has 0 aliphatic heterocycles. The molecule has 1 rings (SSSR count). The zero-order valence-electron chi connectivity index (χ0n) is 11.6. The normalized spacial score (nSPS) is 10.4. The third-order valence-electron chi connectivity index (χ3n) is 2.92. The molecule has 0 fully saturated rings. The Morgan fingerprint density at radius 3 is 2.61 bits per heavy atom. The van der Waals surface area contributed by atoms with Gasteiger partial charge in [-0.2, -0.15) is 0 Å². The van der Waals surface area contributed by atoms with Crippen LogP contribution in [-0.2, 0) is 0 Å². The van der Waals surface area contributed by atoms with Crippen molar-refractivity contribution in [2.24, 2.45) is 5.73 Å². The number of hydrogen-bond acceptors (Lipinski definition) is 3. The van der Waals surface area contributed by atoms with Gasteiger partial charge >= 0.3 is 0 Å². The van der Waals surface area contributed by atoms with Crippen LogP contribution >= 0.6 is 0 Å². The van der Waals surface area contributed by atoms with Crippen LogP contribution in [0.25, 0.3) is 0 Å². The van der Waals surface area contributed by atoms with E-state index in [1.54, 1.807) is 0 Å². The number of rotatable bonds is 6. The number of carbonyl (C=O) groups is 1. The van der Waals surface area contributed by atoms with Crippen LogP contribution in [0.3, 0.4) is 0 Å². The van der Waals surface area contributed by atoms with Crippen LogP contribution in [0, 0.1) is 13.8 Å². The Morgan fingerprint density at radius 1 is 1.33 bits per heavy atom. The Balaban J connectivity index is 2.87. The Morgan fingerprint density at radius 2 is 2.06 bits per heavy atom. The lowest BCUT2D eigenvalue weighted by Crippen LogP contribution is -2.36. The number of nitrogens with zero attached hydrogens (tertiary/aromatic N) is 2. The average molecular weight is 249 g/mol. The molecule has 0 aliphatic carbocycles. The summed E-state index contributed by atoms with van der Waals surface area (Å²) in [5, 5.41) is 0. The van der Waals surface area contributed by atoms with Crippen molar-refractivity contribution in [3.63, 3.8) is 0 Å². The van der Waals surface area contributed by atoms with Crippen LogP contribution in [0.4, 0.5) is 0 Å². The zero-order valence-corrected chi connectivity index (χ0v) is 11.6. The second-order valence-electron chi connectivity index (χ2n) is 4.52. The summed E-state index contributed by atoms with van der Waals surface area (Å²) in [5.41, 5.74) is 7.98. The second kappa shape index (κ2) is 7.11. The molecule has 18 heavy (non-hydrogen) atoms. The van der Waals surface area contributed by atoms with Gasteiger partial charge in [0.2, 0.25) is 0 Å². The molecular formula is C14H23N3O. The van der Waals surface area contributed by atoms with Gasteiger partial charge < -0.3 is 10.6 Å².